The number of fused-ring (bicyclic) bond motifs is 6. The van der Waals surface area contributed by atoms with E-state index in [1.807, 2.05) is 30.3 Å². The minimum Gasteiger partial charge on any atom is -0.508 e. The van der Waals surface area contributed by atoms with Crippen molar-refractivity contribution in [1.29, 1.82) is 0 Å². The first-order valence-corrected chi connectivity index (χ1v) is 9.42. The monoisotopic (exact) mass is 372 g/mol. The molecule has 3 aromatic carbocycles. The van der Waals surface area contributed by atoms with E-state index in [2.05, 4.69) is 13.8 Å². The average Bonchev–Trinajstić information content (AvgIpc) is 2.94. The zero-order valence-corrected chi connectivity index (χ0v) is 15.7. The predicted octanol–water partition coefficient (Wildman–Crippen LogP) is 4.59. The first kappa shape index (κ1) is 16.9. The molecule has 0 radical (unpaired) electrons. The van der Waals surface area contributed by atoms with Crippen LogP contribution in [0.2, 0.25) is 0 Å². The van der Waals surface area contributed by atoms with Gasteiger partial charge in [-0.25, -0.2) is 4.79 Å². The molecule has 0 bridgehead atoms. The summed E-state index contributed by atoms with van der Waals surface area (Å²) in [7, 11) is 0. The van der Waals surface area contributed by atoms with Gasteiger partial charge in [0.1, 0.15) is 11.5 Å². The lowest BCUT2D eigenvalue weighted by molar-refractivity contribution is 0.0240. The molecular weight excluding hydrogens is 352 g/mol. The summed E-state index contributed by atoms with van der Waals surface area (Å²) in [5, 5.41) is 20.0. The van der Waals surface area contributed by atoms with E-state index in [0.29, 0.717) is 17.9 Å². The summed E-state index contributed by atoms with van der Waals surface area (Å²) in [6, 6.07) is 16.3. The van der Waals surface area contributed by atoms with Gasteiger partial charge in [0.05, 0.1) is 5.56 Å². The third-order valence-electron chi connectivity index (χ3n) is 5.87. The molecule has 4 nitrogen and oxygen atoms in total. The molecule has 0 amide bonds. The molecule has 1 spiro atoms. The molecule has 0 atom stereocenters. The summed E-state index contributed by atoms with van der Waals surface area (Å²) in [4.78, 5) is 12.9. The molecule has 1 aliphatic heterocycles. The van der Waals surface area contributed by atoms with Crippen LogP contribution in [0.4, 0.5) is 0 Å². The predicted molar refractivity (Wildman–Crippen MR) is 105 cm³/mol. The fraction of sp³-hybridized carbons (Fsp3) is 0.208. The van der Waals surface area contributed by atoms with Gasteiger partial charge in [-0.2, -0.15) is 0 Å². The van der Waals surface area contributed by atoms with Crippen LogP contribution in [-0.2, 0) is 16.8 Å². The van der Waals surface area contributed by atoms with Crippen molar-refractivity contribution in [3.8, 4) is 11.5 Å². The van der Waals surface area contributed by atoms with Gasteiger partial charge in [0.15, 0.2) is 5.60 Å². The van der Waals surface area contributed by atoms with Crippen molar-refractivity contribution in [2.45, 2.75) is 31.8 Å². The Kier molecular flexibility index (Phi) is 3.38. The van der Waals surface area contributed by atoms with E-state index in [4.69, 9.17) is 4.74 Å². The molecule has 140 valence electrons. The lowest BCUT2D eigenvalue weighted by Gasteiger charge is -2.37. The summed E-state index contributed by atoms with van der Waals surface area (Å²) in [5.74, 6) is 0.279. The molecule has 28 heavy (non-hydrogen) atoms. The van der Waals surface area contributed by atoms with E-state index >= 15 is 0 Å². The largest absolute Gasteiger partial charge is 0.508 e. The number of benzene rings is 3. The Labute approximate surface area is 163 Å². The van der Waals surface area contributed by atoms with Gasteiger partial charge >= 0.3 is 5.97 Å². The summed E-state index contributed by atoms with van der Waals surface area (Å²) in [6.45, 7) is 4.18. The average molecular weight is 372 g/mol. The van der Waals surface area contributed by atoms with Crippen LogP contribution >= 0.6 is 0 Å². The topological polar surface area (TPSA) is 66.8 Å². The first-order chi connectivity index (χ1) is 13.4. The Bertz CT molecular complexity index is 1090. The fourth-order valence-corrected chi connectivity index (χ4v) is 4.54. The standard InChI is InChI=1S/C24H20O4/c1-13(2)14-3-6-22-19(12-14)23(27)28-24(22)20-7-4-17(25)10-15(20)9-16-11-18(26)5-8-21(16)24/h3-8,10-13,25-26H,9H2,1-2H3. The molecule has 0 fully saturated rings. The molecule has 5 rings (SSSR count). The Morgan fingerprint density at radius 2 is 1.43 bits per heavy atom. The number of phenolic OH excluding ortho intramolecular Hbond substituents is 2. The Balaban J connectivity index is 1.85. The molecule has 0 saturated heterocycles. The number of hydrogen-bond donors (Lipinski definition) is 2. The maximum Gasteiger partial charge on any atom is 0.340 e. The van der Waals surface area contributed by atoms with Crippen LogP contribution in [0.15, 0.2) is 54.6 Å². The van der Waals surface area contributed by atoms with Crippen LogP contribution in [0.25, 0.3) is 0 Å². The van der Waals surface area contributed by atoms with Crippen molar-refractivity contribution in [2.24, 2.45) is 0 Å². The van der Waals surface area contributed by atoms with E-state index in [-0.39, 0.29) is 17.5 Å². The van der Waals surface area contributed by atoms with Crippen molar-refractivity contribution in [3.63, 3.8) is 0 Å². The second kappa shape index (κ2) is 5.61. The number of carbonyl (C=O) groups excluding carboxylic acids is 1. The number of phenols is 2. The third kappa shape index (κ3) is 2.15. The van der Waals surface area contributed by atoms with Gasteiger partial charge in [-0.05, 0) is 59.4 Å². The second-order valence-corrected chi connectivity index (χ2v) is 7.89. The van der Waals surface area contributed by atoms with Gasteiger partial charge in [0.2, 0.25) is 0 Å². The van der Waals surface area contributed by atoms with Gasteiger partial charge in [-0.1, -0.05) is 38.1 Å². The highest BCUT2D eigenvalue weighted by Gasteiger charge is 2.52. The van der Waals surface area contributed by atoms with Crippen molar-refractivity contribution in [1.82, 2.24) is 0 Å². The highest BCUT2D eigenvalue weighted by molar-refractivity contribution is 5.97. The zero-order chi connectivity index (χ0) is 19.6. The molecule has 2 N–H and O–H groups in total. The van der Waals surface area contributed by atoms with Crippen LogP contribution in [0, 0.1) is 0 Å². The summed E-state index contributed by atoms with van der Waals surface area (Å²) < 4.78 is 6.13. The lowest BCUT2D eigenvalue weighted by atomic mass is 9.71. The number of carbonyl (C=O) groups is 1. The van der Waals surface area contributed by atoms with Gasteiger partial charge in [-0.3, -0.25) is 0 Å². The summed E-state index contributed by atoms with van der Waals surface area (Å²) in [5.41, 5.74) is 4.87. The fourth-order valence-electron chi connectivity index (χ4n) is 4.54. The van der Waals surface area contributed by atoms with Gasteiger partial charge in [0, 0.05) is 16.7 Å². The second-order valence-electron chi connectivity index (χ2n) is 7.89. The smallest absolute Gasteiger partial charge is 0.340 e. The Hall–Kier alpha value is -3.27. The quantitative estimate of drug-likeness (QED) is 0.613. The third-order valence-corrected chi connectivity index (χ3v) is 5.87. The van der Waals surface area contributed by atoms with E-state index < -0.39 is 5.60 Å². The number of rotatable bonds is 1. The van der Waals surface area contributed by atoms with Crippen molar-refractivity contribution >= 4 is 5.97 Å². The molecule has 0 aromatic heterocycles. The Morgan fingerprint density at radius 3 is 2.00 bits per heavy atom. The number of aromatic hydroxyl groups is 2. The highest BCUT2D eigenvalue weighted by Crippen LogP contribution is 2.53. The minimum atomic E-state index is -1.06. The minimum absolute atomic E-state index is 0.164. The van der Waals surface area contributed by atoms with Crippen molar-refractivity contribution in [3.05, 3.63) is 93.5 Å². The number of hydrogen-bond acceptors (Lipinski definition) is 4. The van der Waals surface area contributed by atoms with Crippen LogP contribution < -0.4 is 0 Å². The number of esters is 1. The summed E-state index contributed by atoms with van der Waals surface area (Å²) >= 11 is 0. The molecule has 1 heterocycles. The first-order valence-electron chi connectivity index (χ1n) is 9.42. The van der Waals surface area contributed by atoms with E-state index in [0.717, 1.165) is 33.4 Å². The molecular formula is C24H20O4. The van der Waals surface area contributed by atoms with Crippen LogP contribution in [-0.4, -0.2) is 16.2 Å². The molecule has 1 aliphatic carbocycles. The van der Waals surface area contributed by atoms with Gasteiger partial charge in [0.25, 0.3) is 0 Å². The lowest BCUT2D eigenvalue weighted by Crippen LogP contribution is -2.34. The van der Waals surface area contributed by atoms with E-state index in [1.54, 1.807) is 24.3 Å². The van der Waals surface area contributed by atoms with E-state index in [9.17, 15) is 15.0 Å². The zero-order valence-electron chi connectivity index (χ0n) is 15.7. The maximum atomic E-state index is 12.9. The van der Waals surface area contributed by atoms with Crippen LogP contribution in [0.5, 0.6) is 11.5 Å². The molecule has 0 unspecified atom stereocenters. The normalized spacial score (nSPS) is 15.9. The molecule has 4 heteroatoms. The SMILES string of the molecule is CC(C)c1ccc2c(c1)C(=O)OC21c2ccc(O)cc2Cc2cc(O)ccc21. The Morgan fingerprint density at radius 1 is 0.857 bits per heavy atom. The maximum absolute atomic E-state index is 12.9. The highest BCUT2D eigenvalue weighted by atomic mass is 16.6. The van der Waals surface area contributed by atoms with Crippen LogP contribution in [0.3, 0.4) is 0 Å². The molecule has 0 saturated carbocycles. The number of ether oxygens (including phenoxy) is 1. The molecule has 3 aromatic rings. The van der Waals surface area contributed by atoms with Crippen molar-refractivity contribution in [2.75, 3.05) is 0 Å². The van der Waals surface area contributed by atoms with Crippen molar-refractivity contribution < 1.29 is 19.7 Å². The van der Waals surface area contributed by atoms with E-state index in [1.165, 1.54) is 0 Å². The van der Waals surface area contributed by atoms with Gasteiger partial charge < -0.3 is 14.9 Å². The molecule has 2 aliphatic rings. The van der Waals surface area contributed by atoms with Crippen LogP contribution in [0.1, 0.15) is 63.5 Å². The van der Waals surface area contributed by atoms with Gasteiger partial charge in [-0.15, -0.1) is 0 Å². The summed E-state index contributed by atoms with van der Waals surface area (Å²) in [6.07, 6.45) is 0.548.